The first-order valence-electron chi connectivity index (χ1n) is 6.74. The van der Waals surface area contributed by atoms with E-state index in [2.05, 4.69) is 22.1 Å². The van der Waals surface area contributed by atoms with Crippen molar-refractivity contribution in [3.63, 3.8) is 0 Å². The zero-order chi connectivity index (χ0) is 14.5. The highest BCUT2D eigenvalue weighted by Crippen LogP contribution is 2.21. The van der Waals surface area contributed by atoms with Crippen LogP contribution in [0, 0.1) is 0 Å². The van der Waals surface area contributed by atoms with E-state index in [1.165, 1.54) is 0 Å². The van der Waals surface area contributed by atoms with Gasteiger partial charge >= 0.3 is 0 Å². The van der Waals surface area contributed by atoms with Gasteiger partial charge in [-0.2, -0.15) is 5.10 Å². The molecule has 0 saturated carbocycles. The Morgan fingerprint density at radius 3 is 2.67 bits per heavy atom. The van der Waals surface area contributed by atoms with Crippen molar-refractivity contribution in [2.24, 2.45) is 5.10 Å². The molecule has 0 aliphatic carbocycles. The van der Waals surface area contributed by atoms with E-state index in [1.807, 2.05) is 60.7 Å². The lowest BCUT2D eigenvalue weighted by Crippen LogP contribution is -2.01. The molecule has 3 rings (SSSR count). The van der Waals surface area contributed by atoms with Gasteiger partial charge in [-0.25, -0.2) is 0 Å². The number of hydrazone groups is 1. The summed E-state index contributed by atoms with van der Waals surface area (Å²) < 4.78 is 0. The molecule has 1 heterocycles. The first-order chi connectivity index (χ1) is 10.4. The zero-order valence-electron chi connectivity index (χ0n) is 11.5. The van der Waals surface area contributed by atoms with E-state index in [0.717, 1.165) is 27.9 Å². The topological polar surface area (TPSA) is 37.3 Å². The average molecular weight is 273 g/mol. The van der Waals surface area contributed by atoms with Crippen molar-refractivity contribution in [3.8, 4) is 0 Å². The molecule has 102 valence electrons. The summed E-state index contributed by atoms with van der Waals surface area (Å²) in [5, 5.41) is 5.50. The number of nitrogens with one attached hydrogen (secondary N) is 1. The number of aromatic nitrogens is 1. The minimum atomic E-state index is 0.802. The van der Waals surface area contributed by atoms with E-state index >= 15 is 0 Å². The Morgan fingerprint density at radius 2 is 1.86 bits per heavy atom. The lowest BCUT2D eigenvalue weighted by Gasteiger charge is -2.07. The van der Waals surface area contributed by atoms with Crippen molar-refractivity contribution in [1.29, 1.82) is 0 Å². The molecule has 0 radical (unpaired) electrons. The molecule has 1 N–H and O–H groups in total. The molecular weight excluding hydrogens is 258 g/mol. The first-order valence-corrected chi connectivity index (χ1v) is 6.74. The van der Waals surface area contributed by atoms with Crippen LogP contribution in [0.2, 0.25) is 0 Å². The minimum Gasteiger partial charge on any atom is -0.277 e. The number of fused-ring (bicyclic) bond motifs is 1. The van der Waals surface area contributed by atoms with E-state index < -0.39 is 0 Å². The normalized spacial score (nSPS) is 11.3. The second-order valence-corrected chi connectivity index (χ2v) is 4.55. The third-order valence-corrected chi connectivity index (χ3v) is 3.21. The molecule has 0 spiro atoms. The molecule has 0 aliphatic heterocycles. The van der Waals surface area contributed by atoms with Crippen LogP contribution in [0.3, 0.4) is 0 Å². The molecule has 21 heavy (non-hydrogen) atoms. The second kappa shape index (κ2) is 6.01. The van der Waals surface area contributed by atoms with E-state index in [-0.39, 0.29) is 0 Å². The molecule has 2 aromatic carbocycles. The summed E-state index contributed by atoms with van der Waals surface area (Å²) in [5.41, 5.74) is 6.81. The highest BCUT2D eigenvalue weighted by Gasteiger charge is 2.01. The minimum absolute atomic E-state index is 0.802. The van der Waals surface area contributed by atoms with Crippen LogP contribution in [-0.2, 0) is 0 Å². The largest absolute Gasteiger partial charge is 0.277 e. The smallest absolute Gasteiger partial charge is 0.0899 e. The van der Waals surface area contributed by atoms with E-state index in [4.69, 9.17) is 0 Å². The molecular formula is C18H15N3. The number of pyridine rings is 1. The molecule has 3 heteroatoms. The van der Waals surface area contributed by atoms with Crippen molar-refractivity contribution in [3.05, 3.63) is 85.1 Å². The lowest BCUT2D eigenvalue weighted by atomic mass is 10.1. The molecule has 0 bridgehead atoms. The van der Waals surface area contributed by atoms with Crippen molar-refractivity contribution >= 4 is 22.3 Å². The molecule has 0 amide bonds. The van der Waals surface area contributed by atoms with Crippen molar-refractivity contribution < 1.29 is 0 Å². The Bertz CT molecular complexity index is 786. The fourth-order valence-electron chi connectivity index (χ4n) is 2.16. The Morgan fingerprint density at radius 1 is 1.00 bits per heavy atom. The van der Waals surface area contributed by atoms with Crippen molar-refractivity contribution in [1.82, 2.24) is 4.98 Å². The number of hydrogen-bond acceptors (Lipinski definition) is 3. The van der Waals surface area contributed by atoms with Gasteiger partial charge in [0.1, 0.15) is 0 Å². The van der Waals surface area contributed by atoms with E-state index in [0.29, 0.717) is 0 Å². The second-order valence-electron chi connectivity index (χ2n) is 4.55. The van der Waals surface area contributed by atoms with Gasteiger partial charge < -0.3 is 0 Å². The Balaban J connectivity index is 1.95. The van der Waals surface area contributed by atoms with E-state index in [1.54, 1.807) is 12.3 Å². The third kappa shape index (κ3) is 2.82. The maximum absolute atomic E-state index is 4.45. The third-order valence-electron chi connectivity index (χ3n) is 3.21. The maximum atomic E-state index is 4.45. The molecule has 0 unspecified atom stereocenters. The molecule has 3 nitrogen and oxygen atoms in total. The SMILES string of the molecule is C=C/C(=N\Nc1cccc2ncccc12)c1ccccc1. The van der Waals surface area contributed by atoms with Crippen LogP contribution in [0.25, 0.3) is 10.9 Å². The quantitative estimate of drug-likeness (QED) is 0.570. The van der Waals surface area contributed by atoms with Crippen LogP contribution in [0.1, 0.15) is 5.56 Å². The molecule has 0 aliphatic rings. The molecule has 0 fully saturated rings. The molecule has 0 saturated heterocycles. The van der Waals surface area contributed by atoms with Crippen LogP contribution in [0.5, 0.6) is 0 Å². The van der Waals surface area contributed by atoms with Gasteiger partial charge in [0.05, 0.1) is 16.9 Å². The first kappa shape index (κ1) is 13.1. The molecule has 1 aromatic heterocycles. The Kier molecular flexibility index (Phi) is 3.74. The van der Waals surface area contributed by atoms with Crippen LogP contribution >= 0.6 is 0 Å². The van der Waals surface area contributed by atoms with Crippen LogP contribution in [0.15, 0.2) is 84.6 Å². The van der Waals surface area contributed by atoms with Gasteiger partial charge in [-0.05, 0) is 30.3 Å². The summed E-state index contributed by atoms with van der Waals surface area (Å²) in [6, 6.07) is 19.8. The number of anilines is 1. The summed E-state index contributed by atoms with van der Waals surface area (Å²) in [6.45, 7) is 3.83. The van der Waals surface area contributed by atoms with Gasteiger partial charge in [-0.15, -0.1) is 0 Å². The Labute approximate surface area is 123 Å². The number of hydrogen-bond donors (Lipinski definition) is 1. The van der Waals surface area contributed by atoms with Gasteiger partial charge in [0.25, 0.3) is 0 Å². The fourth-order valence-corrected chi connectivity index (χ4v) is 2.16. The van der Waals surface area contributed by atoms with Gasteiger partial charge in [0.2, 0.25) is 0 Å². The monoisotopic (exact) mass is 273 g/mol. The standard InChI is InChI=1S/C18H15N3/c1-2-16(14-8-4-3-5-9-14)20-21-18-12-6-11-17-15(18)10-7-13-19-17/h2-13,21H,1H2/b20-16+. The van der Waals surface area contributed by atoms with Gasteiger partial charge in [0, 0.05) is 17.1 Å². The van der Waals surface area contributed by atoms with Gasteiger partial charge in [-0.1, -0.05) is 43.0 Å². The number of benzene rings is 2. The molecule has 3 aromatic rings. The van der Waals surface area contributed by atoms with Crippen LogP contribution < -0.4 is 5.43 Å². The van der Waals surface area contributed by atoms with Gasteiger partial charge in [-0.3, -0.25) is 10.4 Å². The molecule has 0 atom stereocenters. The fraction of sp³-hybridized carbons (Fsp3) is 0. The van der Waals surface area contributed by atoms with Crippen LogP contribution in [0.4, 0.5) is 5.69 Å². The summed E-state index contributed by atoms with van der Waals surface area (Å²) in [4.78, 5) is 4.34. The lowest BCUT2D eigenvalue weighted by molar-refractivity contribution is 1.34. The van der Waals surface area contributed by atoms with E-state index in [9.17, 15) is 0 Å². The number of allylic oxidation sites excluding steroid dienone is 1. The maximum Gasteiger partial charge on any atom is 0.0899 e. The highest BCUT2D eigenvalue weighted by atomic mass is 15.3. The summed E-state index contributed by atoms with van der Waals surface area (Å²) in [5.74, 6) is 0. The van der Waals surface area contributed by atoms with Crippen molar-refractivity contribution in [2.75, 3.05) is 5.43 Å². The predicted molar refractivity (Wildman–Crippen MR) is 88.5 cm³/mol. The predicted octanol–water partition coefficient (Wildman–Crippen LogP) is 4.24. The number of rotatable bonds is 4. The number of nitrogens with zero attached hydrogens (tertiary/aromatic N) is 2. The highest BCUT2D eigenvalue weighted by molar-refractivity contribution is 6.08. The van der Waals surface area contributed by atoms with Crippen LogP contribution in [-0.4, -0.2) is 10.7 Å². The van der Waals surface area contributed by atoms with Gasteiger partial charge in [0.15, 0.2) is 0 Å². The van der Waals surface area contributed by atoms with Crippen molar-refractivity contribution in [2.45, 2.75) is 0 Å². The summed E-state index contributed by atoms with van der Waals surface area (Å²) >= 11 is 0. The summed E-state index contributed by atoms with van der Waals surface area (Å²) in [7, 11) is 0. The Hall–Kier alpha value is -2.94. The summed E-state index contributed by atoms with van der Waals surface area (Å²) in [6.07, 6.45) is 3.53. The average Bonchev–Trinajstić information content (AvgIpc) is 2.56. The zero-order valence-corrected chi connectivity index (χ0v) is 11.5.